The number of hydrogen-bond acceptors (Lipinski definition) is 3. The molecule has 0 aromatic carbocycles. The van der Waals surface area contributed by atoms with Crippen LogP contribution in [0.2, 0.25) is 0 Å². The molecule has 0 spiro atoms. The first kappa shape index (κ1) is 7.08. The van der Waals surface area contributed by atoms with Crippen LogP contribution in [0.15, 0.2) is 17.3 Å². The van der Waals surface area contributed by atoms with Crippen molar-refractivity contribution in [1.29, 1.82) is 0 Å². The molecule has 8 heavy (non-hydrogen) atoms. The van der Waals surface area contributed by atoms with Crippen molar-refractivity contribution in [3.8, 4) is 0 Å². The number of isocyanates is 1. The molecule has 0 heterocycles. The maximum atomic E-state index is 9.46. The van der Waals surface area contributed by atoms with Crippen LogP contribution in [0.25, 0.3) is 0 Å². The van der Waals surface area contributed by atoms with Crippen LogP contribution in [0, 0.1) is 0 Å². The summed E-state index contributed by atoms with van der Waals surface area (Å²) in [5, 5.41) is 8.21. The molecule has 0 aliphatic heterocycles. The van der Waals surface area contributed by atoms with Crippen LogP contribution in [0.4, 0.5) is 0 Å². The minimum absolute atomic E-state index is 0.0238. The highest BCUT2D eigenvalue weighted by atomic mass is 16.3. The zero-order chi connectivity index (χ0) is 6.41. The largest absolute Gasteiger partial charge is 0.396 e. The number of aliphatic imine (C=N–C) groups is 1. The summed E-state index contributed by atoms with van der Waals surface area (Å²) < 4.78 is 0. The molecular formula is C5H7NO2. The van der Waals surface area contributed by atoms with Gasteiger partial charge in [0.05, 0.1) is 0 Å². The van der Waals surface area contributed by atoms with E-state index in [9.17, 15) is 4.79 Å². The molecular weight excluding hydrogens is 106 g/mol. The first-order valence-corrected chi connectivity index (χ1v) is 2.17. The van der Waals surface area contributed by atoms with Crippen LogP contribution in [-0.2, 0) is 4.79 Å². The van der Waals surface area contributed by atoms with E-state index >= 15 is 0 Å². The number of hydrogen-bond donors (Lipinski definition) is 1. The van der Waals surface area contributed by atoms with Gasteiger partial charge in [-0.05, 0) is 0 Å². The Balaban J connectivity index is 3.49. The van der Waals surface area contributed by atoms with Crippen molar-refractivity contribution in [2.75, 3.05) is 6.61 Å². The number of rotatable bonds is 3. The highest BCUT2D eigenvalue weighted by Crippen LogP contribution is 1.94. The summed E-state index contributed by atoms with van der Waals surface area (Å²) in [5.74, 6) is 0. The van der Waals surface area contributed by atoms with E-state index in [0.717, 1.165) is 0 Å². The topological polar surface area (TPSA) is 49.7 Å². The number of aliphatic hydroxyl groups is 1. The fourth-order valence-corrected chi connectivity index (χ4v) is 0.250. The summed E-state index contributed by atoms with van der Waals surface area (Å²) in [6, 6.07) is 0. The average Bonchev–Trinajstić information content (AvgIpc) is 1.68. The predicted octanol–water partition coefficient (Wildman–Crippen LogP) is 0.218. The van der Waals surface area contributed by atoms with Gasteiger partial charge < -0.3 is 5.11 Å². The summed E-state index contributed by atoms with van der Waals surface area (Å²) in [4.78, 5) is 12.6. The lowest BCUT2D eigenvalue weighted by atomic mass is 10.4. The summed E-state index contributed by atoms with van der Waals surface area (Å²) in [6.07, 6.45) is 1.66. The molecule has 0 saturated heterocycles. The summed E-state index contributed by atoms with van der Waals surface area (Å²) in [6.45, 7) is 3.32. The highest BCUT2D eigenvalue weighted by molar-refractivity contribution is 5.36. The van der Waals surface area contributed by atoms with Crippen molar-refractivity contribution in [3.63, 3.8) is 0 Å². The summed E-state index contributed by atoms with van der Waals surface area (Å²) in [7, 11) is 0. The summed E-state index contributed by atoms with van der Waals surface area (Å²) in [5.41, 5.74) is 0.363. The number of aliphatic hydroxyl groups excluding tert-OH is 1. The second-order valence-corrected chi connectivity index (χ2v) is 1.24. The first-order chi connectivity index (χ1) is 3.81. The van der Waals surface area contributed by atoms with Gasteiger partial charge in [-0.15, -0.1) is 0 Å². The third-order valence-corrected chi connectivity index (χ3v) is 0.604. The molecule has 0 rings (SSSR count). The fourth-order valence-electron chi connectivity index (χ4n) is 0.250. The van der Waals surface area contributed by atoms with E-state index in [4.69, 9.17) is 5.11 Å². The molecule has 44 valence electrons. The third kappa shape index (κ3) is 3.28. The maximum absolute atomic E-state index is 9.46. The maximum Gasteiger partial charge on any atom is 0.240 e. The van der Waals surface area contributed by atoms with Gasteiger partial charge in [0, 0.05) is 18.7 Å². The molecule has 0 bridgehead atoms. The van der Waals surface area contributed by atoms with Crippen LogP contribution in [0.5, 0.6) is 0 Å². The molecule has 0 unspecified atom stereocenters. The van der Waals surface area contributed by atoms with Gasteiger partial charge in [0.15, 0.2) is 0 Å². The molecule has 0 atom stereocenters. The number of nitrogens with zero attached hydrogens (tertiary/aromatic N) is 1. The lowest BCUT2D eigenvalue weighted by Gasteiger charge is -1.87. The number of carbonyl (C=O) groups excluding carboxylic acids is 1. The van der Waals surface area contributed by atoms with E-state index in [-0.39, 0.29) is 6.61 Å². The lowest BCUT2D eigenvalue weighted by Crippen LogP contribution is -1.82. The Bertz CT molecular complexity index is 124. The second kappa shape index (κ2) is 4.24. The Kier molecular flexibility index (Phi) is 3.76. The molecule has 0 fully saturated rings. The van der Waals surface area contributed by atoms with Crippen LogP contribution < -0.4 is 0 Å². The fraction of sp³-hybridized carbons (Fsp3) is 0.400. The average molecular weight is 113 g/mol. The van der Waals surface area contributed by atoms with Crippen molar-refractivity contribution in [1.82, 2.24) is 0 Å². The van der Waals surface area contributed by atoms with Gasteiger partial charge in [0.25, 0.3) is 0 Å². The molecule has 0 amide bonds. The van der Waals surface area contributed by atoms with Gasteiger partial charge >= 0.3 is 0 Å². The minimum atomic E-state index is -0.0238. The van der Waals surface area contributed by atoms with Crippen LogP contribution in [-0.4, -0.2) is 17.8 Å². The molecule has 0 saturated carbocycles. The van der Waals surface area contributed by atoms with Gasteiger partial charge in [-0.3, -0.25) is 0 Å². The van der Waals surface area contributed by atoms with E-state index in [2.05, 4.69) is 11.6 Å². The molecule has 0 aliphatic rings. The highest BCUT2D eigenvalue weighted by Gasteiger charge is 1.84. The summed E-state index contributed by atoms with van der Waals surface area (Å²) >= 11 is 0. The van der Waals surface area contributed by atoms with Gasteiger partial charge in [-0.25, -0.2) is 4.79 Å². The Morgan fingerprint density at radius 1 is 1.88 bits per heavy atom. The van der Waals surface area contributed by atoms with Gasteiger partial charge in [-0.1, -0.05) is 6.58 Å². The van der Waals surface area contributed by atoms with Crippen molar-refractivity contribution in [3.05, 3.63) is 12.3 Å². The molecule has 3 nitrogen and oxygen atoms in total. The third-order valence-electron chi connectivity index (χ3n) is 0.604. The molecule has 0 radical (unpaired) electrons. The minimum Gasteiger partial charge on any atom is -0.396 e. The smallest absolute Gasteiger partial charge is 0.240 e. The standard InChI is InChI=1S/C5H7NO2/c1-5(2-3-7)6-4-8/h7H,1-3H2. The van der Waals surface area contributed by atoms with E-state index < -0.39 is 0 Å². The zero-order valence-corrected chi connectivity index (χ0v) is 4.42. The Morgan fingerprint density at radius 3 is 2.88 bits per heavy atom. The SMILES string of the molecule is C=C(CCO)N=C=O. The molecule has 0 aromatic heterocycles. The quantitative estimate of drug-likeness (QED) is 0.420. The van der Waals surface area contributed by atoms with Gasteiger partial charge in [-0.2, -0.15) is 4.99 Å². The van der Waals surface area contributed by atoms with Crippen LogP contribution in [0.3, 0.4) is 0 Å². The van der Waals surface area contributed by atoms with Crippen molar-refractivity contribution in [2.24, 2.45) is 4.99 Å². The predicted molar refractivity (Wildman–Crippen MR) is 29.0 cm³/mol. The van der Waals surface area contributed by atoms with E-state index in [0.29, 0.717) is 12.1 Å². The molecule has 0 aliphatic carbocycles. The van der Waals surface area contributed by atoms with Gasteiger partial charge in [0.2, 0.25) is 6.08 Å². The normalized spacial score (nSPS) is 7.62. The van der Waals surface area contributed by atoms with Crippen LogP contribution in [0.1, 0.15) is 6.42 Å². The monoisotopic (exact) mass is 113 g/mol. The van der Waals surface area contributed by atoms with Crippen molar-refractivity contribution in [2.45, 2.75) is 6.42 Å². The van der Waals surface area contributed by atoms with Crippen LogP contribution >= 0.6 is 0 Å². The molecule has 3 heteroatoms. The van der Waals surface area contributed by atoms with E-state index in [1.54, 1.807) is 0 Å². The zero-order valence-electron chi connectivity index (χ0n) is 4.42. The Labute approximate surface area is 47.4 Å². The first-order valence-electron chi connectivity index (χ1n) is 2.17. The second-order valence-electron chi connectivity index (χ2n) is 1.24. The molecule has 0 aromatic rings. The van der Waals surface area contributed by atoms with Crippen molar-refractivity contribution < 1.29 is 9.90 Å². The lowest BCUT2D eigenvalue weighted by molar-refractivity contribution is 0.299. The molecule has 1 N–H and O–H groups in total. The Hall–Kier alpha value is -0.920. The van der Waals surface area contributed by atoms with E-state index in [1.807, 2.05) is 0 Å². The van der Waals surface area contributed by atoms with Crippen molar-refractivity contribution >= 4 is 6.08 Å². The van der Waals surface area contributed by atoms with E-state index in [1.165, 1.54) is 6.08 Å². The van der Waals surface area contributed by atoms with Gasteiger partial charge in [0.1, 0.15) is 0 Å². The Morgan fingerprint density at radius 2 is 2.50 bits per heavy atom.